The van der Waals surface area contributed by atoms with Crippen molar-refractivity contribution < 1.29 is 4.42 Å². The van der Waals surface area contributed by atoms with Gasteiger partial charge in [0.05, 0.1) is 11.0 Å². The van der Waals surface area contributed by atoms with Crippen molar-refractivity contribution in [3.63, 3.8) is 0 Å². The fourth-order valence-corrected chi connectivity index (χ4v) is 2.97. The van der Waals surface area contributed by atoms with E-state index >= 15 is 0 Å². The number of aromatic nitrogens is 6. The largest absolute Gasteiger partial charge is 0.451 e. The van der Waals surface area contributed by atoms with Crippen LogP contribution in [0.1, 0.15) is 5.82 Å². The first kappa shape index (κ1) is 13.8. The maximum atomic E-state index is 5.95. The first-order valence-electron chi connectivity index (χ1n) is 7.88. The average Bonchev–Trinajstić information content (AvgIpc) is 3.36. The zero-order valence-corrected chi connectivity index (χ0v) is 13.4. The maximum Gasteiger partial charge on any atom is 0.180 e. The predicted molar refractivity (Wildman–Crippen MR) is 93.2 cm³/mol. The molecule has 0 bridgehead atoms. The summed E-state index contributed by atoms with van der Waals surface area (Å²) in [6, 6.07) is 11.8. The van der Waals surface area contributed by atoms with E-state index < -0.39 is 0 Å². The van der Waals surface area contributed by atoms with Crippen LogP contribution in [0.2, 0.25) is 0 Å². The smallest absolute Gasteiger partial charge is 0.180 e. The van der Waals surface area contributed by atoms with Crippen LogP contribution in [-0.4, -0.2) is 29.7 Å². The van der Waals surface area contributed by atoms with Gasteiger partial charge in [-0.2, -0.15) is 5.10 Å². The van der Waals surface area contributed by atoms with E-state index in [9.17, 15) is 0 Å². The monoisotopic (exact) mass is 330 g/mol. The summed E-state index contributed by atoms with van der Waals surface area (Å²) in [7, 11) is 0. The van der Waals surface area contributed by atoms with Crippen molar-refractivity contribution in [3.05, 3.63) is 60.8 Å². The van der Waals surface area contributed by atoms with Crippen molar-refractivity contribution in [1.29, 1.82) is 0 Å². The third-order valence-electron chi connectivity index (χ3n) is 4.10. The lowest BCUT2D eigenvalue weighted by Gasteiger charge is -2.06. The molecule has 7 heteroatoms. The standard InChI is InChI=1S/C18H14N6O/c1-11-21-13-3-2-12(10-15(13)22-11)24-9-8-19-18(24)17-5-4-16(25-17)14-6-7-20-23-14/h2-10H,1H3,(H,20,23)(H,21,22). The fourth-order valence-electron chi connectivity index (χ4n) is 2.97. The Morgan fingerprint density at radius 2 is 1.96 bits per heavy atom. The first-order valence-corrected chi connectivity index (χ1v) is 7.88. The van der Waals surface area contributed by atoms with Crippen LogP contribution in [0.25, 0.3) is 39.8 Å². The van der Waals surface area contributed by atoms with Crippen molar-refractivity contribution in [3.8, 4) is 28.7 Å². The first-order chi connectivity index (χ1) is 12.3. The summed E-state index contributed by atoms with van der Waals surface area (Å²) in [6.45, 7) is 1.95. The second kappa shape index (κ2) is 5.20. The van der Waals surface area contributed by atoms with Gasteiger partial charge in [0.25, 0.3) is 0 Å². The van der Waals surface area contributed by atoms with E-state index in [4.69, 9.17) is 4.42 Å². The second-order valence-electron chi connectivity index (χ2n) is 5.78. The van der Waals surface area contributed by atoms with Crippen LogP contribution in [-0.2, 0) is 0 Å². The molecule has 0 atom stereocenters. The van der Waals surface area contributed by atoms with E-state index in [0.29, 0.717) is 5.76 Å². The molecular weight excluding hydrogens is 316 g/mol. The van der Waals surface area contributed by atoms with Crippen molar-refractivity contribution in [1.82, 2.24) is 29.7 Å². The quantitative estimate of drug-likeness (QED) is 0.528. The van der Waals surface area contributed by atoms with Crippen LogP contribution in [0.15, 0.2) is 59.4 Å². The highest BCUT2D eigenvalue weighted by molar-refractivity contribution is 5.78. The number of imidazole rings is 2. The molecule has 0 aliphatic rings. The molecule has 0 spiro atoms. The Labute approximate surface area is 142 Å². The van der Waals surface area contributed by atoms with Crippen LogP contribution in [0, 0.1) is 6.92 Å². The van der Waals surface area contributed by atoms with E-state index in [1.165, 1.54) is 0 Å². The minimum Gasteiger partial charge on any atom is -0.451 e. The van der Waals surface area contributed by atoms with Crippen LogP contribution in [0.4, 0.5) is 0 Å². The molecule has 0 fully saturated rings. The fraction of sp³-hybridized carbons (Fsp3) is 0.0556. The number of hydrogen-bond donors (Lipinski definition) is 2. The summed E-state index contributed by atoms with van der Waals surface area (Å²) in [5.74, 6) is 3.05. The molecule has 4 aromatic heterocycles. The molecule has 25 heavy (non-hydrogen) atoms. The number of nitrogens with zero attached hydrogens (tertiary/aromatic N) is 4. The summed E-state index contributed by atoms with van der Waals surface area (Å²) >= 11 is 0. The SMILES string of the molecule is Cc1nc2ccc(-n3ccnc3-c3ccc(-c4ccn[nH]4)o3)cc2[nH]1. The minimum absolute atomic E-state index is 0.690. The highest BCUT2D eigenvalue weighted by Crippen LogP contribution is 2.28. The molecule has 2 N–H and O–H groups in total. The topological polar surface area (TPSA) is 88.3 Å². The van der Waals surface area contributed by atoms with Crippen molar-refractivity contribution in [2.24, 2.45) is 0 Å². The Morgan fingerprint density at radius 3 is 2.84 bits per heavy atom. The Bertz CT molecular complexity index is 1160. The summed E-state index contributed by atoms with van der Waals surface area (Å²) in [5, 5.41) is 6.85. The van der Waals surface area contributed by atoms with E-state index in [1.54, 1.807) is 12.4 Å². The summed E-state index contributed by atoms with van der Waals surface area (Å²) in [6.07, 6.45) is 5.37. The zero-order chi connectivity index (χ0) is 16.8. The number of rotatable bonds is 3. The Kier molecular flexibility index (Phi) is 2.87. The third kappa shape index (κ3) is 2.25. The number of H-pyrrole nitrogens is 2. The van der Waals surface area contributed by atoms with E-state index in [1.807, 2.05) is 48.0 Å². The molecule has 0 aliphatic heterocycles. The molecule has 0 aliphatic carbocycles. The third-order valence-corrected chi connectivity index (χ3v) is 4.10. The van der Waals surface area contributed by atoms with Gasteiger partial charge in [0, 0.05) is 24.3 Å². The number of nitrogens with one attached hydrogen (secondary N) is 2. The van der Waals surface area contributed by atoms with E-state index in [0.717, 1.165) is 39.8 Å². The predicted octanol–water partition coefficient (Wildman–Crippen LogP) is 3.71. The maximum absolute atomic E-state index is 5.95. The molecule has 0 saturated heterocycles. The molecule has 0 unspecified atom stereocenters. The molecule has 122 valence electrons. The normalized spacial score (nSPS) is 11.4. The zero-order valence-electron chi connectivity index (χ0n) is 13.4. The minimum atomic E-state index is 0.690. The van der Waals surface area contributed by atoms with Gasteiger partial charge in [-0.3, -0.25) is 9.67 Å². The number of benzene rings is 1. The Balaban J connectivity index is 1.59. The highest BCUT2D eigenvalue weighted by atomic mass is 16.3. The summed E-state index contributed by atoms with van der Waals surface area (Å²) < 4.78 is 7.94. The summed E-state index contributed by atoms with van der Waals surface area (Å²) in [5.41, 5.74) is 3.76. The van der Waals surface area contributed by atoms with Gasteiger partial charge in [-0.25, -0.2) is 9.97 Å². The molecule has 0 radical (unpaired) electrons. The molecule has 0 amide bonds. The summed E-state index contributed by atoms with van der Waals surface area (Å²) in [4.78, 5) is 12.2. The van der Waals surface area contributed by atoms with Gasteiger partial charge >= 0.3 is 0 Å². The Hall–Kier alpha value is -3.61. The van der Waals surface area contributed by atoms with Gasteiger partial charge < -0.3 is 9.40 Å². The van der Waals surface area contributed by atoms with Crippen molar-refractivity contribution in [2.75, 3.05) is 0 Å². The van der Waals surface area contributed by atoms with Crippen LogP contribution < -0.4 is 0 Å². The van der Waals surface area contributed by atoms with Crippen molar-refractivity contribution in [2.45, 2.75) is 6.92 Å². The molecular formula is C18H14N6O. The lowest BCUT2D eigenvalue weighted by atomic mass is 10.2. The van der Waals surface area contributed by atoms with Gasteiger partial charge in [-0.1, -0.05) is 0 Å². The molecule has 4 heterocycles. The van der Waals surface area contributed by atoms with E-state index in [-0.39, 0.29) is 0 Å². The Morgan fingerprint density at radius 1 is 1.04 bits per heavy atom. The van der Waals surface area contributed by atoms with Gasteiger partial charge in [0.1, 0.15) is 11.5 Å². The lowest BCUT2D eigenvalue weighted by Crippen LogP contribution is -1.95. The number of aromatic amines is 2. The van der Waals surface area contributed by atoms with Crippen molar-refractivity contribution >= 4 is 11.0 Å². The molecule has 7 nitrogen and oxygen atoms in total. The average molecular weight is 330 g/mol. The van der Waals surface area contributed by atoms with Crippen LogP contribution >= 0.6 is 0 Å². The van der Waals surface area contributed by atoms with E-state index in [2.05, 4.69) is 31.2 Å². The number of hydrogen-bond acceptors (Lipinski definition) is 4. The van der Waals surface area contributed by atoms with Gasteiger partial charge in [0.15, 0.2) is 17.3 Å². The lowest BCUT2D eigenvalue weighted by molar-refractivity contribution is 0.588. The molecule has 5 aromatic rings. The molecule has 0 saturated carbocycles. The second-order valence-corrected chi connectivity index (χ2v) is 5.78. The number of fused-ring (bicyclic) bond motifs is 1. The van der Waals surface area contributed by atoms with Gasteiger partial charge in [-0.15, -0.1) is 0 Å². The van der Waals surface area contributed by atoms with Crippen LogP contribution in [0.5, 0.6) is 0 Å². The molecule has 1 aromatic carbocycles. The number of aryl methyl sites for hydroxylation is 1. The van der Waals surface area contributed by atoms with Crippen LogP contribution in [0.3, 0.4) is 0 Å². The molecule has 5 rings (SSSR count). The highest BCUT2D eigenvalue weighted by Gasteiger charge is 2.14. The van der Waals surface area contributed by atoms with Gasteiger partial charge in [0.2, 0.25) is 0 Å². The van der Waals surface area contributed by atoms with Gasteiger partial charge in [-0.05, 0) is 43.3 Å². The number of furan rings is 1.